The van der Waals surface area contributed by atoms with E-state index in [1.165, 1.54) is 7.11 Å². The van der Waals surface area contributed by atoms with Crippen LogP contribution in [0.1, 0.15) is 77.0 Å². The molecule has 12 heteroatoms. The van der Waals surface area contributed by atoms with Crippen LogP contribution < -0.4 is 0 Å². The van der Waals surface area contributed by atoms with Crippen molar-refractivity contribution in [1.29, 1.82) is 0 Å². The molecule has 3 rings (SSSR count). The molecule has 0 saturated carbocycles. The van der Waals surface area contributed by atoms with Crippen molar-refractivity contribution in [3.05, 3.63) is 0 Å². The molecule has 3 fully saturated rings. The van der Waals surface area contributed by atoms with E-state index in [1.807, 2.05) is 0 Å². The molecular formula is C30H48O12. The molecule has 0 aromatic rings. The van der Waals surface area contributed by atoms with Gasteiger partial charge in [-0.15, -0.1) is 0 Å². The Balaban J connectivity index is 1.32. The van der Waals surface area contributed by atoms with Crippen molar-refractivity contribution in [2.45, 2.75) is 95.4 Å². The molecule has 3 heterocycles. The van der Waals surface area contributed by atoms with E-state index < -0.39 is 0 Å². The quantitative estimate of drug-likeness (QED) is 0.0706. The highest BCUT2D eigenvalue weighted by Crippen LogP contribution is 2.27. The number of hydrogen-bond acceptors (Lipinski definition) is 12. The predicted octanol–water partition coefficient (Wildman–Crippen LogP) is 2.51. The number of hydrogen-bond donors (Lipinski definition) is 1. The summed E-state index contributed by atoms with van der Waals surface area (Å²) in [5.41, 5.74) is 0. The third-order valence-electron chi connectivity index (χ3n) is 7.68. The van der Waals surface area contributed by atoms with E-state index in [9.17, 15) is 19.2 Å². The standard InChI is InChI=1S/C30H48O12/c1-36-28(33)21(15-24-18-40-24)7-5-13-38-30(35)23(17-26-20-42-26)9-6-14-39-29(34)22(16-25-19-41-25)8-4-12-37-27(32)10-2-3-11-31/h21-26,31H,2-20H2,1H3. The van der Waals surface area contributed by atoms with Gasteiger partial charge in [0.1, 0.15) is 0 Å². The molecule has 0 amide bonds. The van der Waals surface area contributed by atoms with E-state index >= 15 is 0 Å². The van der Waals surface area contributed by atoms with Crippen molar-refractivity contribution in [2.24, 2.45) is 17.8 Å². The molecule has 12 nitrogen and oxygen atoms in total. The van der Waals surface area contributed by atoms with E-state index in [-0.39, 0.29) is 92.8 Å². The van der Waals surface area contributed by atoms with Gasteiger partial charge in [0, 0.05) is 13.0 Å². The van der Waals surface area contributed by atoms with Crippen molar-refractivity contribution in [3.63, 3.8) is 0 Å². The van der Waals surface area contributed by atoms with Gasteiger partial charge >= 0.3 is 23.9 Å². The van der Waals surface area contributed by atoms with Crippen LogP contribution in [-0.2, 0) is 52.3 Å². The maximum Gasteiger partial charge on any atom is 0.309 e. The molecule has 6 atom stereocenters. The smallest absolute Gasteiger partial charge is 0.309 e. The Morgan fingerprint density at radius 2 is 1.05 bits per heavy atom. The summed E-state index contributed by atoms with van der Waals surface area (Å²) in [5.74, 6) is -2.13. The molecular weight excluding hydrogens is 552 g/mol. The molecule has 0 bridgehead atoms. The molecule has 0 radical (unpaired) electrons. The van der Waals surface area contributed by atoms with E-state index in [0.717, 1.165) is 0 Å². The lowest BCUT2D eigenvalue weighted by Crippen LogP contribution is -2.23. The van der Waals surface area contributed by atoms with Gasteiger partial charge in [-0.2, -0.15) is 0 Å². The molecule has 1 N–H and O–H groups in total. The van der Waals surface area contributed by atoms with Crippen LogP contribution in [0.4, 0.5) is 0 Å². The number of unbranched alkanes of at least 4 members (excludes halogenated alkanes) is 1. The fraction of sp³-hybridized carbons (Fsp3) is 0.867. The van der Waals surface area contributed by atoms with Gasteiger partial charge in [0.15, 0.2) is 0 Å². The SMILES string of the molecule is COC(=O)C(CCCOC(=O)C(CCCOC(=O)C(CCCOC(=O)CCCCO)CC1CO1)CC1CO1)CC1CO1. The molecule has 0 aliphatic carbocycles. The Hall–Kier alpha value is -2.28. The maximum absolute atomic E-state index is 12.8. The Labute approximate surface area is 248 Å². The first-order valence-corrected chi connectivity index (χ1v) is 15.4. The van der Waals surface area contributed by atoms with Crippen LogP contribution in [0.25, 0.3) is 0 Å². The lowest BCUT2D eigenvalue weighted by Gasteiger charge is -2.18. The second-order valence-corrected chi connectivity index (χ2v) is 11.3. The summed E-state index contributed by atoms with van der Waals surface area (Å²) < 4.78 is 37.0. The molecule has 3 aliphatic heterocycles. The fourth-order valence-electron chi connectivity index (χ4n) is 4.94. The fourth-order valence-corrected chi connectivity index (χ4v) is 4.94. The second-order valence-electron chi connectivity index (χ2n) is 11.3. The molecule has 0 spiro atoms. The van der Waals surface area contributed by atoms with Crippen LogP contribution in [0.3, 0.4) is 0 Å². The van der Waals surface area contributed by atoms with Gasteiger partial charge in [-0.25, -0.2) is 0 Å². The summed E-state index contributed by atoms with van der Waals surface area (Å²) in [6, 6.07) is 0. The largest absolute Gasteiger partial charge is 0.469 e. The van der Waals surface area contributed by atoms with Crippen molar-refractivity contribution in [2.75, 3.05) is 53.4 Å². The van der Waals surface area contributed by atoms with Crippen LogP contribution in [0.2, 0.25) is 0 Å². The van der Waals surface area contributed by atoms with Crippen LogP contribution >= 0.6 is 0 Å². The van der Waals surface area contributed by atoms with Crippen LogP contribution in [0, 0.1) is 17.8 Å². The predicted molar refractivity (Wildman–Crippen MR) is 147 cm³/mol. The highest BCUT2D eigenvalue weighted by molar-refractivity contribution is 5.73. The summed E-state index contributed by atoms with van der Waals surface area (Å²) in [5, 5.41) is 8.80. The Morgan fingerprint density at radius 1 is 0.643 bits per heavy atom. The van der Waals surface area contributed by atoms with E-state index in [2.05, 4.69) is 0 Å². The highest BCUT2D eigenvalue weighted by Gasteiger charge is 2.33. The highest BCUT2D eigenvalue weighted by atomic mass is 16.6. The number of methoxy groups -OCH3 is 1. The number of epoxide rings is 3. The van der Waals surface area contributed by atoms with Crippen LogP contribution in [0.15, 0.2) is 0 Å². The van der Waals surface area contributed by atoms with Crippen molar-refractivity contribution >= 4 is 23.9 Å². The van der Waals surface area contributed by atoms with Gasteiger partial charge in [0.25, 0.3) is 0 Å². The Morgan fingerprint density at radius 3 is 1.43 bits per heavy atom. The van der Waals surface area contributed by atoms with Crippen LogP contribution in [-0.4, -0.2) is 101 Å². The lowest BCUT2D eigenvalue weighted by atomic mass is 9.97. The number of rotatable bonds is 25. The molecule has 42 heavy (non-hydrogen) atoms. The minimum Gasteiger partial charge on any atom is -0.469 e. The third kappa shape index (κ3) is 14.8. The topological polar surface area (TPSA) is 163 Å². The normalized spacial score (nSPS) is 22.4. The number of aliphatic hydroxyl groups excluding tert-OH is 1. The number of esters is 4. The first-order valence-electron chi connectivity index (χ1n) is 15.4. The number of carbonyl (C=O) groups is 4. The summed E-state index contributed by atoms with van der Waals surface area (Å²) in [7, 11) is 1.37. The molecule has 3 aliphatic rings. The molecule has 0 aromatic heterocycles. The van der Waals surface area contributed by atoms with Gasteiger partial charge in [0.05, 0.1) is 82.8 Å². The van der Waals surface area contributed by atoms with Crippen molar-refractivity contribution < 1.29 is 57.4 Å². The third-order valence-corrected chi connectivity index (χ3v) is 7.68. The average molecular weight is 601 g/mol. The summed E-state index contributed by atoms with van der Waals surface area (Å²) in [4.78, 5) is 49.3. The lowest BCUT2D eigenvalue weighted by molar-refractivity contribution is -0.150. The number of carbonyl (C=O) groups excluding carboxylic acids is 4. The Bertz CT molecular complexity index is 836. The summed E-state index contributed by atoms with van der Waals surface area (Å²) >= 11 is 0. The van der Waals surface area contributed by atoms with Crippen LogP contribution in [0.5, 0.6) is 0 Å². The summed E-state index contributed by atoms with van der Waals surface area (Å²) in [6.45, 7) is 2.64. The molecule has 6 unspecified atom stereocenters. The van der Waals surface area contributed by atoms with E-state index in [4.69, 9.17) is 38.3 Å². The van der Waals surface area contributed by atoms with Gasteiger partial charge < -0.3 is 38.3 Å². The monoisotopic (exact) mass is 600 g/mol. The zero-order valence-corrected chi connectivity index (χ0v) is 24.8. The van der Waals surface area contributed by atoms with Gasteiger partial charge in [-0.1, -0.05) is 0 Å². The minimum atomic E-state index is -0.352. The number of aliphatic hydroxyl groups is 1. The molecule has 0 aromatic carbocycles. The van der Waals surface area contributed by atoms with E-state index in [1.54, 1.807) is 0 Å². The van der Waals surface area contributed by atoms with Gasteiger partial charge in [0.2, 0.25) is 0 Å². The second kappa shape index (κ2) is 19.1. The maximum atomic E-state index is 12.8. The van der Waals surface area contributed by atoms with Gasteiger partial charge in [-0.05, 0) is 70.6 Å². The summed E-state index contributed by atoms with van der Waals surface area (Å²) in [6.07, 6.45) is 6.63. The zero-order valence-electron chi connectivity index (χ0n) is 24.8. The van der Waals surface area contributed by atoms with Crippen molar-refractivity contribution in [3.8, 4) is 0 Å². The van der Waals surface area contributed by atoms with E-state index in [0.29, 0.717) is 90.4 Å². The first-order chi connectivity index (χ1) is 20.4. The zero-order chi connectivity index (χ0) is 30.2. The minimum absolute atomic E-state index is 0.0527. The average Bonchev–Trinajstić information content (AvgIpc) is 3.82. The molecule has 3 saturated heterocycles. The Kier molecular flexibility index (Phi) is 15.6. The molecule has 240 valence electrons. The van der Waals surface area contributed by atoms with Crippen molar-refractivity contribution in [1.82, 2.24) is 0 Å². The van der Waals surface area contributed by atoms with Gasteiger partial charge in [-0.3, -0.25) is 19.2 Å². The number of ether oxygens (including phenoxy) is 7. The first kappa shape index (κ1) is 34.2.